The van der Waals surface area contributed by atoms with Gasteiger partial charge in [0.15, 0.2) is 11.6 Å². The van der Waals surface area contributed by atoms with Crippen molar-refractivity contribution in [2.45, 2.75) is 39.2 Å². The standard InChI is InChI=1S/C17H23N7/c1-4-13-14(10-18)17(21-20-15(13)5-2)19-12-6-9-24(11-12)16-7-8-23(3)22-16/h7-8,12H,4-6,9,11H2,1-3H3,(H,19,21). The number of rotatable bonds is 5. The Balaban J connectivity index is 1.76. The molecule has 0 bridgehead atoms. The van der Waals surface area contributed by atoms with Gasteiger partial charge >= 0.3 is 0 Å². The molecule has 0 saturated carbocycles. The van der Waals surface area contributed by atoms with Crippen LogP contribution >= 0.6 is 0 Å². The molecule has 0 aliphatic carbocycles. The Morgan fingerprint density at radius 3 is 2.79 bits per heavy atom. The van der Waals surface area contributed by atoms with E-state index in [0.29, 0.717) is 11.4 Å². The van der Waals surface area contributed by atoms with E-state index in [2.05, 4.69) is 38.5 Å². The third-order valence-corrected chi connectivity index (χ3v) is 4.51. The quantitative estimate of drug-likeness (QED) is 0.904. The Kier molecular flexibility index (Phi) is 4.65. The molecule has 0 amide bonds. The average Bonchev–Trinajstić information content (AvgIpc) is 3.23. The third-order valence-electron chi connectivity index (χ3n) is 4.51. The van der Waals surface area contributed by atoms with Gasteiger partial charge in [0.25, 0.3) is 0 Å². The van der Waals surface area contributed by atoms with Crippen LogP contribution in [-0.4, -0.2) is 39.1 Å². The fourth-order valence-corrected chi connectivity index (χ4v) is 3.25. The highest BCUT2D eigenvalue weighted by atomic mass is 15.3. The molecule has 1 aliphatic heterocycles. The fourth-order valence-electron chi connectivity index (χ4n) is 3.25. The van der Waals surface area contributed by atoms with E-state index >= 15 is 0 Å². The molecule has 1 saturated heterocycles. The van der Waals surface area contributed by atoms with Gasteiger partial charge in [-0.25, -0.2) is 0 Å². The number of hydrogen-bond acceptors (Lipinski definition) is 6. The minimum absolute atomic E-state index is 0.241. The normalized spacial score (nSPS) is 17.1. The molecule has 7 nitrogen and oxygen atoms in total. The molecule has 1 unspecified atom stereocenters. The molecule has 1 atom stereocenters. The molecule has 126 valence electrons. The van der Waals surface area contributed by atoms with Crippen LogP contribution in [0.4, 0.5) is 11.6 Å². The van der Waals surface area contributed by atoms with Crippen LogP contribution in [0.1, 0.15) is 37.1 Å². The summed E-state index contributed by atoms with van der Waals surface area (Å²) >= 11 is 0. The van der Waals surface area contributed by atoms with Gasteiger partial charge in [-0.15, -0.1) is 5.10 Å². The Bertz CT molecular complexity index is 759. The van der Waals surface area contributed by atoms with Crippen molar-refractivity contribution in [2.75, 3.05) is 23.3 Å². The van der Waals surface area contributed by atoms with Crippen molar-refractivity contribution in [3.8, 4) is 6.07 Å². The van der Waals surface area contributed by atoms with Crippen LogP contribution in [0.5, 0.6) is 0 Å². The van der Waals surface area contributed by atoms with Crippen molar-refractivity contribution >= 4 is 11.6 Å². The van der Waals surface area contributed by atoms with E-state index in [1.807, 2.05) is 30.9 Å². The van der Waals surface area contributed by atoms with Gasteiger partial charge in [-0.05, 0) is 24.8 Å². The van der Waals surface area contributed by atoms with Crippen LogP contribution in [0, 0.1) is 11.3 Å². The van der Waals surface area contributed by atoms with Crippen LogP contribution in [0.25, 0.3) is 0 Å². The molecule has 0 spiro atoms. The van der Waals surface area contributed by atoms with E-state index in [0.717, 1.165) is 49.4 Å². The van der Waals surface area contributed by atoms with E-state index < -0.39 is 0 Å². The molecule has 0 aromatic carbocycles. The van der Waals surface area contributed by atoms with Crippen molar-refractivity contribution in [2.24, 2.45) is 7.05 Å². The molecule has 24 heavy (non-hydrogen) atoms. The van der Waals surface area contributed by atoms with E-state index in [1.54, 1.807) is 0 Å². The first kappa shape index (κ1) is 16.2. The lowest BCUT2D eigenvalue weighted by Gasteiger charge is -2.18. The number of nitrogens with zero attached hydrogens (tertiary/aromatic N) is 6. The van der Waals surface area contributed by atoms with Crippen molar-refractivity contribution < 1.29 is 0 Å². The second-order valence-corrected chi connectivity index (χ2v) is 6.09. The lowest BCUT2D eigenvalue weighted by atomic mass is 10.0. The topological polar surface area (TPSA) is 82.7 Å². The molecule has 1 fully saturated rings. The first-order valence-electron chi connectivity index (χ1n) is 8.45. The minimum atomic E-state index is 0.241. The molecular weight excluding hydrogens is 302 g/mol. The van der Waals surface area contributed by atoms with Crippen LogP contribution < -0.4 is 10.2 Å². The van der Waals surface area contributed by atoms with Gasteiger partial charge in [0, 0.05) is 38.4 Å². The average molecular weight is 325 g/mol. The van der Waals surface area contributed by atoms with Crippen molar-refractivity contribution in [3.63, 3.8) is 0 Å². The minimum Gasteiger partial charge on any atom is -0.363 e. The highest BCUT2D eigenvalue weighted by molar-refractivity contribution is 5.57. The van der Waals surface area contributed by atoms with Gasteiger partial charge in [-0.1, -0.05) is 13.8 Å². The van der Waals surface area contributed by atoms with Gasteiger partial charge in [-0.2, -0.15) is 15.5 Å². The largest absolute Gasteiger partial charge is 0.363 e. The highest BCUT2D eigenvalue weighted by Crippen LogP contribution is 2.24. The van der Waals surface area contributed by atoms with Gasteiger partial charge < -0.3 is 10.2 Å². The maximum Gasteiger partial charge on any atom is 0.167 e. The van der Waals surface area contributed by atoms with Crippen molar-refractivity contribution in [1.82, 2.24) is 20.0 Å². The van der Waals surface area contributed by atoms with Crippen LogP contribution in [0.3, 0.4) is 0 Å². The lowest BCUT2D eigenvalue weighted by molar-refractivity contribution is 0.751. The summed E-state index contributed by atoms with van der Waals surface area (Å²) in [5, 5.41) is 26.0. The van der Waals surface area contributed by atoms with Crippen molar-refractivity contribution in [3.05, 3.63) is 29.1 Å². The summed E-state index contributed by atoms with van der Waals surface area (Å²) in [6.45, 7) is 5.89. The van der Waals surface area contributed by atoms with E-state index in [1.165, 1.54) is 0 Å². The summed E-state index contributed by atoms with van der Waals surface area (Å²) in [4.78, 5) is 2.25. The fraction of sp³-hybridized carbons (Fsp3) is 0.529. The Morgan fingerprint density at radius 1 is 1.33 bits per heavy atom. The Morgan fingerprint density at radius 2 is 2.17 bits per heavy atom. The van der Waals surface area contributed by atoms with Crippen LogP contribution in [-0.2, 0) is 19.9 Å². The molecule has 1 aliphatic rings. The van der Waals surface area contributed by atoms with Gasteiger partial charge in [0.05, 0.1) is 5.69 Å². The molecule has 2 aromatic heterocycles. The first-order chi connectivity index (χ1) is 11.7. The molecular formula is C17H23N7. The van der Waals surface area contributed by atoms with E-state index in [9.17, 15) is 5.26 Å². The Labute approximate surface area is 142 Å². The smallest absolute Gasteiger partial charge is 0.167 e. The van der Waals surface area contributed by atoms with Gasteiger partial charge in [0.1, 0.15) is 11.6 Å². The molecule has 1 N–H and O–H groups in total. The molecule has 7 heteroatoms. The maximum atomic E-state index is 9.58. The predicted molar refractivity (Wildman–Crippen MR) is 93.0 cm³/mol. The zero-order valence-electron chi connectivity index (χ0n) is 14.5. The number of hydrogen-bond donors (Lipinski definition) is 1. The zero-order valence-corrected chi connectivity index (χ0v) is 14.5. The summed E-state index contributed by atoms with van der Waals surface area (Å²) in [6, 6.07) is 4.58. The molecule has 0 radical (unpaired) electrons. The summed E-state index contributed by atoms with van der Waals surface area (Å²) < 4.78 is 1.81. The first-order valence-corrected chi connectivity index (χ1v) is 8.45. The second-order valence-electron chi connectivity index (χ2n) is 6.09. The van der Waals surface area contributed by atoms with Crippen LogP contribution in [0.2, 0.25) is 0 Å². The maximum absolute atomic E-state index is 9.58. The third kappa shape index (κ3) is 3.04. The number of aryl methyl sites for hydroxylation is 2. The van der Waals surface area contributed by atoms with Crippen molar-refractivity contribution in [1.29, 1.82) is 5.26 Å². The monoisotopic (exact) mass is 325 g/mol. The van der Waals surface area contributed by atoms with E-state index in [4.69, 9.17) is 0 Å². The summed E-state index contributed by atoms with van der Waals surface area (Å²) in [5.41, 5.74) is 2.57. The summed E-state index contributed by atoms with van der Waals surface area (Å²) in [5.74, 6) is 1.60. The van der Waals surface area contributed by atoms with Gasteiger partial charge in [-0.3, -0.25) is 4.68 Å². The Hall–Kier alpha value is -2.62. The number of anilines is 2. The summed E-state index contributed by atoms with van der Waals surface area (Å²) in [6.07, 6.45) is 4.52. The molecule has 3 rings (SSSR count). The number of nitriles is 1. The highest BCUT2D eigenvalue weighted by Gasteiger charge is 2.26. The van der Waals surface area contributed by atoms with E-state index in [-0.39, 0.29) is 6.04 Å². The molecule has 2 aromatic rings. The zero-order chi connectivity index (χ0) is 17.1. The molecule has 3 heterocycles. The summed E-state index contributed by atoms with van der Waals surface area (Å²) in [7, 11) is 1.92. The van der Waals surface area contributed by atoms with Crippen LogP contribution in [0.15, 0.2) is 12.3 Å². The lowest BCUT2D eigenvalue weighted by Crippen LogP contribution is -2.27. The SMILES string of the molecule is CCc1nnc(NC2CCN(c3ccn(C)n3)C2)c(C#N)c1CC. The predicted octanol–water partition coefficient (Wildman–Crippen LogP) is 1.90. The number of aromatic nitrogens is 4. The second kappa shape index (κ2) is 6.87. The van der Waals surface area contributed by atoms with Gasteiger partial charge in [0.2, 0.25) is 0 Å². The number of nitrogens with one attached hydrogen (secondary N) is 1.